The first-order chi connectivity index (χ1) is 11.0. The van der Waals surface area contributed by atoms with Gasteiger partial charge >= 0.3 is 6.18 Å². The number of hydrogen-bond donors (Lipinski definition) is 2. The van der Waals surface area contributed by atoms with Gasteiger partial charge in [-0.25, -0.2) is 4.98 Å². The van der Waals surface area contributed by atoms with Crippen LogP contribution in [-0.2, 0) is 12.7 Å². The van der Waals surface area contributed by atoms with Crippen LogP contribution in [-0.4, -0.2) is 21.3 Å². The molecule has 5 nitrogen and oxygen atoms in total. The summed E-state index contributed by atoms with van der Waals surface area (Å²) < 4.78 is 40.5. The van der Waals surface area contributed by atoms with Gasteiger partial charge in [-0.15, -0.1) is 11.3 Å². The first-order valence-electron chi connectivity index (χ1n) is 6.93. The van der Waals surface area contributed by atoms with Crippen LogP contribution in [0.5, 0.6) is 0 Å². The van der Waals surface area contributed by atoms with Gasteiger partial charge in [0.25, 0.3) is 0 Å². The Morgan fingerprint density at radius 1 is 1.30 bits per heavy atom. The number of nitrogens with zero attached hydrogens (tertiary/aromatic N) is 3. The third kappa shape index (κ3) is 3.30. The van der Waals surface area contributed by atoms with Crippen LogP contribution in [0.1, 0.15) is 12.0 Å². The summed E-state index contributed by atoms with van der Waals surface area (Å²) in [4.78, 5) is 4.08. The summed E-state index contributed by atoms with van der Waals surface area (Å²) in [6, 6.07) is 3.61. The van der Waals surface area contributed by atoms with E-state index in [0.717, 1.165) is 12.1 Å². The molecule has 0 spiro atoms. The maximum Gasteiger partial charge on any atom is 0.416 e. The largest absolute Gasteiger partial charge is 0.416 e. The van der Waals surface area contributed by atoms with Crippen molar-refractivity contribution in [1.82, 2.24) is 14.8 Å². The smallest absolute Gasteiger partial charge is 0.330 e. The minimum Gasteiger partial charge on any atom is -0.330 e. The summed E-state index contributed by atoms with van der Waals surface area (Å²) in [7, 11) is 0. The van der Waals surface area contributed by atoms with E-state index >= 15 is 0 Å². The zero-order valence-corrected chi connectivity index (χ0v) is 12.8. The molecule has 0 unspecified atom stereocenters. The molecule has 2 heterocycles. The SMILES string of the molecule is NCCCn1nc(Nc2nccs2)c2cc(C(F)(F)F)ccc21. The van der Waals surface area contributed by atoms with E-state index in [0.29, 0.717) is 41.4 Å². The molecule has 2 aromatic heterocycles. The molecule has 0 aliphatic rings. The number of hydrogen-bond acceptors (Lipinski definition) is 5. The van der Waals surface area contributed by atoms with E-state index in [4.69, 9.17) is 5.73 Å². The fraction of sp³-hybridized carbons (Fsp3) is 0.286. The van der Waals surface area contributed by atoms with Gasteiger partial charge in [-0.2, -0.15) is 18.3 Å². The molecular formula is C14H14F3N5S. The van der Waals surface area contributed by atoms with Crippen molar-refractivity contribution in [2.24, 2.45) is 5.73 Å². The number of halogens is 3. The molecule has 0 atom stereocenters. The van der Waals surface area contributed by atoms with Crippen LogP contribution in [0.15, 0.2) is 29.8 Å². The highest BCUT2D eigenvalue weighted by molar-refractivity contribution is 7.13. The standard InChI is InChI=1S/C14H14F3N5S/c15-14(16,17)9-2-3-11-10(8-9)12(20-13-19-5-7-23-13)21-22(11)6-1-4-18/h2-3,5,7-8H,1,4,6,18H2,(H,19,20,21). The molecule has 0 bridgehead atoms. The van der Waals surface area contributed by atoms with E-state index in [1.54, 1.807) is 16.3 Å². The van der Waals surface area contributed by atoms with E-state index in [2.05, 4.69) is 15.4 Å². The summed E-state index contributed by atoms with van der Waals surface area (Å²) in [5.74, 6) is 0.359. The van der Waals surface area contributed by atoms with E-state index < -0.39 is 11.7 Å². The van der Waals surface area contributed by atoms with Gasteiger partial charge in [0, 0.05) is 23.5 Å². The zero-order chi connectivity index (χ0) is 16.4. The minimum atomic E-state index is -4.40. The quantitative estimate of drug-likeness (QED) is 0.744. The second kappa shape index (κ2) is 6.17. The Kier molecular flexibility index (Phi) is 4.22. The third-order valence-corrected chi connectivity index (χ3v) is 4.00. The van der Waals surface area contributed by atoms with Crippen molar-refractivity contribution in [1.29, 1.82) is 0 Å². The molecule has 3 N–H and O–H groups in total. The highest BCUT2D eigenvalue weighted by atomic mass is 32.1. The van der Waals surface area contributed by atoms with Gasteiger partial charge in [-0.05, 0) is 31.2 Å². The van der Waals surface area contributed by atoms with Crippen LogP contribution in [0.4, 0.5) is 24.1 Å². The summed E-state index contributed by atoms with van der Waals surface area (Å²) in [6.45, 7) is 1.02. The molecule has 0 saturated carbocycles. The van der Waals surface area contributed by atoms with Gasteiger partial charge in [0.2, 0.25) is 0 Å². The van der Waals surface area contributed by atoms with Crippen molar-refractivity contribution < 1.29 is 13.2 Å². The number of alkyl halides is 3. The van der Waals surface area contributed by atoms with Crippen molar-refractivity contribution in [3.05, 3.63) is 35.3 Å². The number of anilines is 2. The minimum absolute atomic E-state index is 0.359. The summed E-state index contributed by atoms with van der Waals surface area (Å²) in [6.07, 6.45) is -2.09. The van der Waals surface area contributed by atoms with Crippen molar-refractivity contribution in [3.8, 4) is 0 Å². The molecule has 23 heavy (non-hydrogen) atoms. The van der Waals surface area contributed by atoms with Crippen molar-refractivity contribution in [2.45, 2.75) is 19.1 Å². The topological polar surface area (TPSA) is 68.8 Å². The highest BCUT2D eigenvalue weighted by Crippen LogP contribution is 2.34. The maximum absolute atomic E-state index is 13.0. The molecule has 1 aromatic carbocycles. The molecule has 0 fully saturated rings. The van der Waals surface area contributed by atoms with E-state index in [-0.39, 0.29) is 0 Å². The van der Waals surface area contributed by atoms with E-state index in [1.165, 1.54) is 17.4 Å². The molecule has 0 aliphatic carbocycles. The number of thiazole rings is 1. The Morgan fingerprint density at radius 2 is 2.13 bits per heavy atom. The van der Waals surface area contributed by atoms with E-state index in [9.17, 15) is 13.2 Å². The Balaban J connectivity index is 2.08. The van der Waals surface area contributed by atoms with Gasteiger partial charge in [0.05, 0.1) is 11.1 Å². The predicted octanol–water partition coefficient (Wildman–Crippen LogP) is 3.60. The normalized spacial score (nSPS) is 12.0. The lowest BCUT2D eigenvalue weighted by Crippen LogP contribution is -2.07. The number of nitrogens with one attached hydrogen (secondary N) is 1. The Bertz CT molecular complexity index is 795. The van der Waals surface area contributed by atoms with Crippen LogP contribution in [0, 0.1) is 0 Å². The molecule has 0 aliphatic heterocycles. The predicted molar refractivity (Wildman–Crippen MR) is 83.8 cm³/mol. The molecule has 0 amide bonds. The van der Waals surface area contributed by atoms with Crippen LogP contribution >= 0.6 is 11.3 Å². The highest BCUT2D eigenvalue weighted by Gasteiger charge is 2.31. The summed E-state index contributed by atoms with van der Waals surface area (Å²) in [5, 5.41) is 10.1. The van der Waals surface area contributed by atoms with Crippen LogP contribution < -0.4 is 11.1 Å². The Labute approximate surface area is 133 Å². The summed E-state index contributed by atoms with van der Waals surface area (Å²) >= 11 is 1.35. The number of nitrogens with two attached hydrogens (primary N) is 1. The van der Waals surface area contributed by atoms with Crippen molar-refractivity contribution in [2.75, 3.05) is 11.9 Å². The first kappa shape index (κ1) is 15.8. The third-order valence-electron chi connectivity index (χ3n) is 3.31. The van der Waals surface area contributed by atoms with Gasteiger partial charge in [-0.3, -0.25) is 4.68 Å². The fourth-order valence-electron chi connectivity index (χ4n) is 2.25. The second-order valence-electron chi connectivity index (χ2n) is 4.91. The zero-order valence-electron chi connectivity index (χ0n) is 12.0. The number of fused-ring (bicyclic) bond motifs is 1. The fourth-order valence-corrected chi connectivity index (χ4v) is 2.77. The molecule has 3 aromatic rings. The molecular weight excluding hydrogens is 327 g/mol. The van der Waals surface area contributed by atoms with Gasteiger partial charge in [-0.1, -0.05) is 0 Å². The average molecular weight is 341 g/mol. The number of benzene rings is 1. The van der Waals surface area contributed by atoms with Crippen LogP contribution in [0.3, 0.4) is 0 Å². The number of aryl methyl sites for hydroxylation is 1. The molecule has 0 radical (unpaired) electrons. The van der Waals surface area contributed by atoms with Crippen LogP contribution in [0.25, 0.3) is 10.9 Å². The molecule has 0 saturated heterocycles. The number of rotatable bonds is 5. The molecule has 9 heteroatoms. The lowest BCUT2D eigenvalue weighted by molar-refractivity contribution is -0.137. The monoisotopic (exact) mass is 341 g/mol. The Morgan fingerprint density at radius 3 is 2.78 bits per heavy atom. The van der Waals surface area contributed by atoms with Gasteiger partial charge in [0.1, 0.15) is 0 Å². The van der Waals surface area contributed by atoms with Crippen molar-refractivity contribution in [3.63, 3.8) is 0 Å². The van der Waals surface area contributed by atoms with Crippen molar-refractivity contribution >= 4 is 33.2 Å². The Hall–Kier alpha value is -2.13. The lowest BCUT2D eigenvalue weighted by Gasteiger charge is -2.07. The lowest BCUT2D eigenvalue weighted by atomic mass is 10.1. The van der Waals surface area contributed by atoms with Gasteiger partial charge < -0.3 is 11.1 Å². The van der Waals surface area contributed by atoms with Crippen LogP contribution in [0.2, 0.25) is 0 Å². The maximum atomic E-state index is 13.0. The first-order valence-corrected chi connectivity index (χ1v) is 7.81. The molecule has 3 rings (SSSR count). The molecule has 122 valence electrons. The second-order valence-corrected chi connectivity index (χ2v) is 5.80. The summed E-state index contributed by atoms with van der Waals surface area (Å²) in [5.41, 5.74) is 5.43. The average Bonchev–Trinajstić information content (AvgIpc) is 3.13. The van der Waals surface area contributed by atoms with Gasteiger partial charge in [0.15, 0.2) is 10.9 Å². The number of aromatic nitrogens is 3. The van der Waals surface area contributed by atoms with E-state index in [1.807, 2.05) is 0 Å².